The molecule has 1 aliphatic rings. The maximum absolute atomic E-state index is 5.71. The highest BCUT2D eigenvalue weighted by Crippen LogP contribution is 2.36. The van der Waals surface area contributed by atoms with E-state index in [1.165, 1.54) is 5.56 Å². The average Bonchev–Trinajstić information content (AvgIpc) is 2.86. The number of aryl methyl sites for hydroxylation is 1. The molecule has 2 heterocycles. The quantitative estimate of drug-likeness (QED) is 0.858. The monoisotopic (exact) mass is 304 g/mol. The molecule has 0 saturated carbocycles. The molecular formula is C15H20N4OS. The summed E-state index contributed by atoms with van der Waals surface area (Å²) in [4.78, 5) is 0. The fourth-order valence-electron chi connectivity index (χ4n) is 2.62. The molecule has 0 spiro atoms. The first-order valence-corrected chi connectivity index (χ1v) is 8.22. The molecule has 2 N–H and O–H groups in total. The van der Waals surface area contributed by atoms with E-state index >= 15 is 0 Å². The normalized spacial score (nSPS) is 17.3. The number of benzene rings is 1. The minimum Gasteiger partial charge on any atom is -0.493 e. The van der Waals surface area contributed by atoms with Crippen LogP contribution in [0.25, 0.3) is 0 Å². The van der Waals surface area contributed by atoms with E-state index in [4.69, 9.17) is 10.5 Å². The summed E-state index contributed by atoms with van der Waals surface area (Å²) in [7, 11) is 0. The number of nitrogens with zero attached hydrogens (tertiary/aromatic N) is 3. The van der Waals surface area contributed by atoms with Crippen LogP contribution in [0.5, 0.6) is 5.75 Å². The number of hydrogen-bond donors (Lipinski definition) is 1. The van der Waals surface area contributed by atoms with Crippen molar-refractivity contribution in [2.45, 2.75) is 31.0 Å². The van der Waals surface area contributed by atoms with E-state index in [0.717, 1.165) is 42.1 Å². The van der Waals surface area contributed by atoms with Gasteiger partial charge in [0.25, 0.3) is 0 Å². The van der Waals surface area contributed by atoms with Crippen molar-refractivity contribution in [2.24, 2.45) is 5.73 Å². The summed E-state index contributed by atoms with van der Waals surface area (Å²) in [5.74, 6) is 3.44. The van der Waals surface area contributed by atoms with Crippen molar-refractivity contribution < 1.29 is 4.74 Å². The van der Waals surface area contributed by atoms with E-state index in [-0.39, 0.29) is 0 Å². The van der Waals surface area contributed by atoms with Crippen molar-refractivity contribution in [3.8, 4) is 5.75 Å². The third-order valence-electron chi connectivity index (χ3n) is 3.75. The first-order chi connectivity index (χ1) is 10.3. The Balaban J connectivity index is 1.72. The van der Waals surface area contributed by atoms with Crippen LogP contribution in [-0.2, 0) is 6.54 Å². The largest absolute Gasteiger partial charge is 0.493 e. The van der Waals surface area contributed by atoms with Gasteiger partial charge in [0.15, 0.2) is 5.16 Å². The van der Waals surface area contributed by atoms with Crippen molar-refractivity contribution in [1.82, 2.24) is 14.8 Å². The van der Waals surface area contributed by atoms with Gasteiger partial charge in [-0.1, -0.05) is 30.0 Å². The van der Waals surface area contributed by atoms with Crippen LogP contribution in [0.15, 0.2) is 29.4 Å². The van der Waals surface area contributed by atoms with Crippen molar-refractivity contribution >= 4 is 11.8 Å². The predicted molar refractivity (Wildman–Crippen MR) is 83.8 cm³/mol. The molecule has 0 saturated heterocycles. The minimum absolute atomic E-state index is 0.503. The topological polar surface area (TPSA) is 66.0 Å². The van der Waals surface area contributed by atoms with Gasteiger partial charge in [-0.05, 0) is 25.0 Å². The van der Waals surface area contributed by atoms with E-state index in [1.54, 1.807) is 11.8 Å². The Kier molecular flexibility index (Phi) is 4.45. The second-order valence-corrected chi connectivity index (χ2v) is 6.14. The lowest BCUT2D eigenvalue weighted by Gasteiger charge is -2.25. The molecule has 0 fully saturated rings. The van der Waals surface area contributed by atoms with E-state index in [9.17, 15) is 0 Å². The van der Waals surface area contributed by atoms with Crippen LogP contribution >= 0.6 is 11.8 Å². The number of rotatable bonds is 5. The zero-order valence-corrected chi connectivity index (χ0v) is 13.0. The molecule has 1 aliphatic heterocycles. The van der Waals surface area contributed by atoms with Gasteiger partial charge in [0.1, 0.15) is 11.6 Å². The van der Waals surface area contributed by atoms with E-state index in [0.29, 0.717) is 12.5 Å². The van der Waals surface area contributed by atoms with Gasteiger partial charge in [0.05, 0.1) is 6.61 Å². The van der Waals surface area contributed by atoms with Crippen LogP contribution < -0.4 is 10.5 Å². The highest BCUT2D eigenvalue weighted by atomic mass is 32.2. The number of thioether (sulfide) groups is 1. The minimum atomic E-state index is 0.503. The molecule has 112 valence electrons. The standard InChI is InChI=1S/C15H20N4OS/c1-11-17-18-15(19(11)8-7-16)21-10-12-6-9-20-14-5-3-2-4-13(12)14/h2-5,12H,6-10,16H2,1H3. The number of nitrogens with two attached hydrogens (primary N) is 1. The zero-order chi connectivity index (χ0) is 14.7. The Bertz CT molecular complexity index is 613. The van der Waals surface area contributed by atoms with Crippen molar-refractivity contribution in [2.75, 3.05) is 18.9 Å². The third kappa shape index (κ3) is 3.06. The molecule has 21 heavy (non-hydrogen) atoms. The van der Waals surface area contributed by atoms with Crippen molar-refractivity contribution in [3.05, 3.63) is 35.7 Å². The lowest BCUT2D eigenvalue weighted by molar-refractivity contribution is 0.273. The Morgan fingerprint density at radius 3 is 3.10 bits per heavy atom. The van der Waals surface area contributed by atoms with Crippen LogP contribution in [0.3, 0.4) is 0 Å². The first kappa shape index (κ1) is 14.4. The van der Waals surface area contributed by atoms with Crippen molar-refractivity contribution in [3.63, 3.8) is 0 Å². The lowest BCUT2D eigenvalue weighted by Crippen LogP contribution is -2.16. The molecule has 0 radical (unpaired) electrons. The van der Waals surface area contributed by atoms with Crippen LogP contribution in [-0.4, -0.2) is 33.7 Å². The maximum Gasteiger partial charge on any atom is 0.191 e. The van der Waals surface area contributed by atoms with Crippen LogP contribution in [0.4, 0.5) is 0 Å². The summed E-state index contributed by atoms with van der Waals surface area (Å²) in [5.41, 5.74) is 6.96. The maximum atomic E-state index is 5.71. The van der Waals surface area contributed by atoms with Gasteiger partial charge < -0.3 is 15.0 Å². The van der Waals surface area contributed by atoms with Gasteiger partial charge in [-0.2, -0.15) is 0 Å². The average molecular weight is 304 g/mol. The zero-order valence-electron chi connectivity index (χ0n) is 12.2. The SMILES string of the molecule is Cc1nnc(SCC2CCOc3ccccc32)n1CCN. The molecule has 0 amide bonds. The van der Waals surface area contributed by atoms with Crippen molar-refractivity contribution in [1.29, 1.82) is 0 Å². The van der Waals surface area contributed by atoms with E-state index in [2.05, 4.69) is 26.9 Å². The van der Waals surface area contributed by atoms with Crippen LogP contribution in [0.1, 0.15) is 23.7 Å². The first-order valence-electron chi connectivity index (χ1n) is 7.24. The summed E-state index contributed by atoms with van der Waals surface area (Å²) in [5, 5.41) is 9.38. The summed E-state index contributed by atoms with van der Waals surface area (Å²) in [6.07, 6.45) is 1.05. The van der Waals surface area contributed by atoms with Gasteiger partial charge in [0.2, 0.25) is 0 Å². The van der Waals surface area contributed by atoms with Gasteiger partial charge in [-0.3, -0.25) is 0 Å². The number of ether oxygens (including phenoxy) is 1. The Hall–Kier alpha value is -1.53. The van der Waals surface area contributed by atoms with Gasteiger partial charge in [-0.15, -0.1) is 10.2 Å². The summed E-state index contributed by atoms with van der Waals surface area (Å²) < 4.78 is 7.81. The van der Waals surface area contributed by atoms with Gasteiger partial charge in [0, 0.05) is 24.8 Å². The second kappa shape index (κ2) is 6.49. The predicted octanol–water partition coefficient (Wildman–Crippen LogP) is 2.20. The number of fused-ring (bicyclic) bond motifs is 1. The number of para-hydroxylation sites is 1. The highest BCUT2D eigenvalue weighted by molar-refractivity contribution is 7.99. The third-order valence-corrected chi connectivity index (χ3v) is 4.88. The molecule has 6 heteroatoms. The lowest BCUT2D eigenvalue weighted by atomic mass is 9.95. The molecule has 1 aromatic carbocycles. The number of aromatic nitrogens is 3. The van der Waals surface area contributed by atoms with Crippen LogP contribution in [0.2, 0.25) is 0 Å². The molecule has 1 aromatic heterocycles. The van der Waals surface area contributed by atoms with E-state index < -0.39 is 0 Å². The summed E-state index contributed by atoms with van der Waals surface area (Å²) in [6, 6.07) is 8.31. The fraction of sp³-hybridized carbons (Fsp3) is 0.467. The summed E-state index contributed by atoms with van der Waals surface area (Å²) >= 11 is 1.76. The Morgan fingerprint density at radius 1 is 1.38 bits per heavy atom. The molecule has 5 nitrogen and oxygen atoms in total. The molecule has 1 unspecified atom stereocenters. The molecule has 1 atom stereocenters. The Labute approximate surface area is 128 Å². The van der Waals surface area contributed by atoms with Crippen LogP contribution in [0, 0.1) is 6.92 Å². The number of hydrogen-bond acceptors (Lipinski definition) is 5. The van der Waals surface area contributed by atoms with Gasteiger partial charge in [-0.25, -0.2) is 0 Å². The molecular weight excluding hydrogens is 284 g/mol. The smallest absolute Gasteiger partial charge is 0.191 e. The molecule has 2 aromatic rings. The van der Waals surface area contributed by atoms with E-state index in [1.807, 2.05) is 19.1 Å². The fourth-order valence-corrected chi connectivity index (χ4v) is 3.79. The van der Waals surface area contributed by atoms with Gasteiger partial charge >= 0.3 is 0 Å². The molecule has 0 bridgehead atoms. The second-order valence-electron chi connectivity index (χ2n) is 5.15. The highest BCUT2D eigenvalue weighted by Gasteiger charge is 2.22. The molecule has 0 aliphatic carbocycles. The Morgan fingerprint density at radius 2 is 2.24 bits per heavy atom. The molecule has 3 rings (SSSR count). The summed E-state index contributed by atoms with van der Waals surface area (Å²) in [6.45, 7) is 4.13.